The average molecular weight is 227 g/mol. The topological polar surface area (TPSA) is 63.7 Å². The molecule has 90 valence electrons. The molecule has 1 heterocycles. The van der Waals surface area contributed by atoms with Crippen molar-refractivity contribution in [2.24, 2.45) is 5.92 Å². The Balaban J connectivity index is 2.48. The number of rotatable bonds is 5. The molecule has 0 N–H and O–H groups in total. The van der Waals surface area contributed by atoms with Crippen molar-refractivity contribution in [1.82, 2.24) is 4.90 Å². The van der Waals surface area contributed by atoms with E-state index >= 15 is 0 Å². The zero-order valence-corrected chi connectivity index (χ0v) is 9.69. The molecular weight excluding hydrogens is 210 g/mol. The predicted octanol–water partition coefficient (Wildman–Crippen LogP) is 0.377. The van der Waals surface area contributed by atoms with Gasteiger partial charge in [0.15, 0.2) is 0 Å². The number of amides is 1. The Morgan fingerprint density at radius 1 is 1.50 bits per heavy atom. The van der Waals surface area contributed by atoms with Gasteiger partial charge in [0.05, 0.1) is 7.11 Å². The average Bonchev–Trinajstić information content (AvgIpc) is 2.61. The molecule has 1 amide bonds. The van der Waals surface area contributed by atoms with Gasteiger partial charge < -0.3 is 9.64 Å². The lowest BCUT2D eigenvalue weighted by Crippen LogP contribution is -2.27. The number of likely N-dealkylation sites (tertiary alicyclic amines) is 1. The number of hydrogen-bond donors (Lipinski definition) is 0. The molecule has 1 fully saturated rings. The van der Waals surface area contributed by atoms with Gasteiger partial charge in [-0.05, 0) is 6.42 Å². The van der Waals surface area contributed by atoms with E-state index in [1.807, 2.05) is 6.92 Å². The number of Topliss-reactive ketones (excluding diaryl/α,β-unsaturated/α-hetero) is 1. The van der Waals surface area contributed by atoms with E-state index in [2.05, 4.69) is 4.74 Å². The Kier molecular flexibility index (Phi) is 4.46. The van der Waals surface area contributed by atoms with Crippen molar-refractivity contribution in [2.75, 3.05) is 20.2 Å². The highest BCUT2D eigenvalue weighted by Gasteiger charge is 2.34. The quantitative estimate of drug-likeness (QED) is 0.503. The molecule has 0 aromatic rings. The van der Waals surface area contributed by atoms with Crippen molar-refractivity contribution >= 4 is 17.7 Å². The highest BCUT2D eigenvalue weighted by molar-refractivity contribution is 5.99. The summed E-state index contributed by atoms with van der Waals surface area (Å²) in [5.74, 6) is -1.06. The maximum atomic E-state index is 11.6. The van der Waals surface area contributed by atoms with Crippen LogP contribution in [0.3, 0.4) is 0 Å². The molecule has 0 aromatic heterocycles. The number of hydrogen-bond acceptors (Lipinski definition) is 4. The summed E-state index contributed by atoms with van der Waals surface area (Å²) >= 11 is 0. The van der Waals surface area contributed by atoms with Crippen molar-refractivity contribution in [2.45, 2.75) is 26.2 Å². The molecule has 0 bridgehead atoms. The second-order valence-electron chi connectivity index (χ2n) is 3.96. The molecular formula is C11H17NO4. The molecule has 5 nitrogen and oxygen atoms in total. The number of methoxy groups -OCH3 is 1. The monoisotopic (exact) mass is 227 g/mol. The third kappa shape index (κ3) is 3.05. The molecule has 1 atom stereocenters. The van der Waals surface area contributed by atoms with E-state index in [4.69, 9.17) is 0 Å². The third-order valence-electron chi connectivity index (χ3n) is 2.71. The maximum absolute atomic E-state index is 11.6. The van der Waals surface area contributed by atoms with E-state index in [0.29, 0.717) is 13.1 Å². The van der Waals surface area contributed by atoms with Crippen molar-refractivity contribution in [3.05, 3.63) is 0 Å². The summed E-state index contributed by atoms with van der Waals surface area (Å²) in [5, 5.41) is 0. The van der Waals surface area contributed by atoms with Gasteiger partial charge in [-0.15, -0.1) is 0 Å². The van der Waals surface area contributed by atoms with Crippen LogP contribution in [0, 0.1) is 5.92 Å². The van der Waals surface area contributed by atoms with Gasteiger partial charge in [-0.2, -0.15) is 0 Å². The van der Waals surface area contributed by atoms with Gasteiger partial charge in [0.1, 0.15) is 12.2 Å². The number of nitrogens with zero attached hydrogens (tertiary/aromatic N) is 1. The highest BCUT2D eigenvalue weighted by Crippen LogP contribution is 2.20. The van der Waals surface area contributed by atoms with Gasteiger partial charge >= 0.3 is 5.97 Å². The van der Waals surface area contributed by atoms with Crippen LogP contribution in [0.5, 0.6) is 0 Å². The Hall–Kier alpha value is -1.39. The van der Waals surface area contributed by atoms with Gasteiger partial charge in [-0.25, -0.2) is 0 Å². The van der Waals surface area contributed by atoms with Crippen molar-refractivity contribution in [3.63, 3.8) is 0 Å². The zero-order valence-electron chi connectivity index (χ0n) is 9.69. The van der Waals surface area contributed by atoms with E-state index in [1.54, 1.807) is 4.90 Å². The van der Waals surface area contributed by atoms with Crippen LogP contribution in [-0.4, -0.2) is 42.8 Å². The standard InChI is InChI=1S/C11H17NO4/c1-3-4-12-7-8(5-10(12)14)9(13)6-11(15)16-2/h8H,3-7H2,1-2H3. The van der Waals surface area contributed by atoms with Crippen LogP contribution in [0.2, 0.25) is 0 Å². The molecule has 1 unspecified atom stereocenters. The molecule has 1 rings (SSSR count). The van der Waals surface area contributed by atoms with Crippen molar-refractivity contribution in [1.29, 1.82) is 0 Å². The molecule has 0 saturated carbocycles. The fraction of sp³-hybridized carbons (Fsp3) is 0.727. The smallest absolute Gasteiger partial charge is 0.313 e. The molecule has 0 aliphatic carbocycles. The molecule has 0 aromatic carbocycles. The second-order valence-corrected chi connectivity index (χ2v) is 3.96. The van der Waals surface area contributed by atoms with Gasteiger partial charge in [0, 0.05) is 25.4 Å². The van der Waals surface area contributed by atoms with Crippen LogP contribution >= 0.6 is 0 Å². The van der Waals surface area contributed by atoms with E-state index in [0.717, 1.165) is 6.42 Å². The minimum atomic E-state index is -0.536. The molecule has 1 aliphatic heterocycles. The van der Waals surface area contributed by atoms with Crippen LogP contribution in [0.15, 0.2) is 0 Å². The lowest BCUT2D eigenvalue weighted by Gasteiger charge is -2.14. The first-order valence-corrected chi connectivity index (χ1v) is 5.45. The Bertz CT molecular complexity index is 300. The molecule has 1 saturated heterocycles. The lowest BCUT2D eigenvalue weighted by molar-refractivity contribution is -0.144. The fourth-order valence-corrected chi connectivity index (χ4v) is 1.83. The summed E-state index contributed by atoms with van der Waals surface area (Å²) in [7, 11) is 1.25. The Morgan fingerprint density at radius 3 is 2.75 bits per heavy atom. The molecule has 0 spiro atoms. The molecule has 16 heavy (non-hydrogen) atoms. The maximum Gasteiger partial charge on any atom is 0.313 e. The Labute approximate surface area is 94.7 Å². The number of esters is 1. The van der Waals surface area contributed by atoms with Crippen LogP contribution in [0.25, 0.3) is 0 Å². The summed E-state index contributed by atoms with van der Waals surface area (Å²) in [6.07, 6.45) is 0.883. The van der Waals surface area contributed by atoms with Crippen LogP contribution < -0.4 is 0 Å². The fourth-order valence-electron chi connectivity index (χ4n) is 1.83. The zero-order chi connectivity index (χ0) is 12.1. The van der Waals surface area contributed by atoms with Crippen molar-refractivity contribution < 1.29 is 19.1 Å². The summed E-state index contributed by atoms with van der Waals surface area (Å²) in [6, 6.07) is 0. The van der Waals surface area contributed by atoms with E-state index in [1.165, 1.54) is 7.11 Å². The predicted molar refractivity (Wildman–Crippen MR) is 56.6 cm³/mol. The lowest BCUT2D eigenvalue weighted by atomic mass is 10.0. The summed E-state index contributed by atoms with van der Waals surface area (Å²) < 4.78 is 4.42. The van der Waals surface area contributed by atoms with Gasteiger partial charge in [-0.3, -0.25) is 14.4 Å². The SMILES string of the molecule is CCCN1CC(C(=O)CC(=O)OC)CC1=O. The first kappa shape index (κ1) is 12.7. The number of carbonyl (C=O) groups excluding carboxylic acids is 3. The molecule has 0 radical (unpaired) electrons. The first-order chi connectivity index (χ1) is 7.58. The normalized spacial score (nSPS) is 20.0. The van der Waals surface area contributed by atoms with Gasteiger partial charge in [-0.1, -0.05) is 6.92 Å². The summed E-state index contributed by atoms with van der Waals surface area (Å²) in [6.45, 7) is 3.11. The Morgan fingerprint density at radius 2 is 2.19 bits per heavy atom. The number of carbonyl (C=O) groups is 3. The molecule has 1 aliphatic rings. The second kappa shape index (κ2) is 5.63. The first-order valence-electron chi connectivity index (χ1n) is 5.45. The van der Waals surface area contributed by atoms with Crippen LogP contribution in [0.1, 0.15) is 26.2 Å². The number of ether oxygens (including phenoxy) is 1. The van der Waals surface area contributed by atoms with Crippen LogP contribution in [-0.2, 0) is 19.1 Å². The van der Waals surface area contributed by atoms with Gasteiger partial charge in [0.25, 0.3) is 0 Å². The number of ketones is 1. The summed E-state index contributed by atoms with van der Waals surface area (Å²) in [4.78, 5) is 35.7. The van der Waals surface area contributed by atoms with Gasteiger partial charge in [0.2, 0.25) is 5.91 Å². The minimum absolute atomic E-state index is 0.00469. The molecule has 5 heteroatoms. The summed E-state index contributed by atoms with van der Waals surface area (Å²) in [5.41, 5.74) is 0. The van der Waals surface area contributed by atoms with Crippen LogP contribution in [0.4, 0.5) is 0 Å². The van der Waals surface area contributed by atoms with E-state index in [9.17, 15) is 14.4 Å². The largest absolute Gasteiger partial charge is 0.469 e. The van der Waals surface area contributed by atoms with Crippen molar-refractivity contribution in [3.8, 4) is 0 Å². The van der Waals surface area contributed by atoms with E-state index < -0.39 is 5.97 Å². The third-order valence-corrected chi connectivity index (χ3v) is 2.71. The highest BCUT2D eigenvalue weighted by atomic mass is 16.5. The minimum Gasteiger partial charge on any atom is -0.469 e. The van der Waals surface area contributed by atoms with E-state index in [-0.39, 0.29) is 30.4 Å².